The molecule has 0 saturated carbocycles. The summed E-state index contributed by atoms with van der Waals surface area (Å²) in [5, 5.41) is 0. The molecule has 0 amide bonds. The Bertz CT molecular complexity index is 449. The van der Waals surface area contributed by atoms with Crippen molar-refractivity contribution in [1.29, 1.82) is 0 Å². The topological polar surface area (TPSA) is 38.9 Å². The number of pyridine rings is 1. The van der Waals surface area contributed by atoms with E-state index in [2.05, 4.69) is 17.1 Å². The third-order valence-electron chi connectivity index (χ3n) is 2.64. The van der Waals surface area contributed by atoms with Gasteiger partial charge in [-0.05, 0) is 30.2 Å². The molecule has 0 aliphatic carbocycles. The predicted octanol–water partition coefficient (Wildman–Crippen LogP) is 2.69. The van der Waals surface area contributed by atoms with Crippen LogP contribution in [0.5, 0.6) is 0 Å². The molecule has 1 heterocycles. The van der Waals surface area contributed by atoms with Crippen molar-refractivity contribution in [3.63, 3.8) is 0 Å². The highest BCUT2D eigenvalue weighted by molar-refractivity contribution is 5.32. The van der Waals surface area contributed by atoms with E-state index in [0.717, 1.165) is 12.1 Å². The van der Waals surface area contributed by atoms with Gasteiger partial charge < -0.3 is 5.73 Å². The van der Waals surface area contributed by atoms with E-state index in [1.807, 2.05) is 43.5 Å². The zero-order chi connectivity index (χ0) is 11.4. The summed E-state index contributed by atoms with van der Waals surface area (Å²) in [7, 11) is 0. The van der Waals surface area contributed by atoms with Crippen LogP contribution in [0.4, 0.5) is 0 Å². The van der Waals surface area contributed by atoms with Crippen LogP contribution >= 0.6 is 0 Å². The number of aromatic nitrogens is 1. The molecule has 2 heteroatoms. The van der Waals surface area contributed by atoms with E-state index in [-0.39, 0.29) is 6.04 Å². The number of benzene rings is 1. The van der Waals surface area contributed by atoms with E-state index < -0.39 is 0 Å². The normalized spacial score (nSPS) is 12.4. The van der Waals surface area contributed by atoms with Gasteiger partial charge in [-0.3, -0.25) is 4.98 Å². The summed E-state index contributed by atoms with van der Waals surface area (Å²) in [6.45, 7) is 2.01. The molecule has 2 aromatic rings. The zero-order valence-corrected chi connectivity index (χ0v) is 9.43. The number of hydrogen-bond donors (Lipinski definition) is 1. The summed E-state index contributed by atoms with van der Waals surface area (Å²) in [6.07, 6.45) is 2.67. The van der Waals surface area contributed by atoms with E-state index in [1.54, 1.807) is 0 Å². The number of nitrogens with zero attached hydrogens (tertiary/aromatic N) is 1. The van der Waals surface area contributed by atoms with Gasteiger partial charge in [0.15, 0.2) is 0 Å². The van der Waals surface area contributed by atoms with Crippen LogP contribution in [0.2, 0.25) is 0 Å². The molecular formula is C14H16N2. The minimum atomic E-state index is 0.0694. The van der Waals surface area contributed by atoms with Crippen LogP contribution in [-0.4, -0.2) is 4.98 Å². The van der Waals surface area contributed by atoms with Crippen LogP contribution in [0.25, 0.3) is 0 Å². The first-order valence-electron chi connectivity index (χ1n) is 5.50. The SMILES string of the molecule is CC(N)c1ccccc1Cc1ccccn1. The Morgan fingerprint density at radius 2 is 1.88 bits per heavy atom. The molecule has 1 unspecified atom stereocenters. The van der Waals surface area contributed by atoms with Gasteiger partial charge >= 0.3 is 0 Å². The van der Waals surface area contributed by atoms with E-state index in [1.165, 1.54) is 11.1 Å². The van der Waals surface area contributed by atoms with Crippen LogP contribution < -0.4 is 5.73 Å². The third kappa shape index (κ3) is 2.47. The fourth-order valence-electron chi connectivity index (χ4n) is 1.84. The molecule has 1 aromatic heterocycles. The Morgan fingerprint density at radius 3 is 2.56 bits per heavy atom. The molecule has 82 valence electrons. The summed E-state index contributed by atoms with van der Waals surface area (Å²) >= 11 is 0. The molecule has 1 aromatic carbocycles. The van der Waals surface area contributed by atoms with E-state index in [9.17, 15) is 0 Å². The van der Waals surface area contributed by atoms with Crippen LogP contribution in [0.15, 0.2) is 48.7 Å². The first-order chi connectivity index (χ1) is 7.77. The lowest BCUT2D eigenvalue weighted by molar-refractivity contribution is 0.802. The minimum Gasteiger partial charge on any atom is -0.324 e. The van der Waals surface area contributed by atoms with Crippen molar-refractivity contribution in [1.82, 2.24) is 4.98 Å². The molecule has 1 atom stereocenters. The molecule has 2 rings (SSSR count). The van der Waals surface area contributed by atoms with Crippen LogP contribution in [0, 0.1) is 0 Å². The second-order valence-corrected chi connectivity index (χ2v) is 3.99. The van der Waals surface area contributed by atoms with Crippen LogP contribution in [0.3, 0.4) is 0 Å². The largest absolute Gasteiger partial charge is 0.324 e. The van der Waals surface area contributed by atoms with Gasteiger partial charge in [0.1, 0.15) is 0 Å². The maximum atomic E-state index is 5.95. The fourth-order valence-corrected chi connectivity index (χ4v) is 1.84. The van der Waals surface area contributed by atoms with Gasteiger partial charge in [0.2, 0.25) is 0 Å². The van der Waals surface area contributed by atoms with Gasteiger partial charge in [-0.1, -0.05) is 30.3 Å². The fraction of sp³-hybridized carbons (Fsp3) is 0.214. The van der Waals surface area contributed by atoms with Crippen molar-refractivity contribution in [2.75, 3.05) is 0 Å². The van der Waals surface area contributed by atoms with Gasteiger partial charge in [-0.25, -0.2) is 0 Å². The Morgan fingerprint density at radius 1 is 1.12 bits per heavy atom. The predicted molar refractivity (Wildman–Crippen MR) is 66.1 cm³/mol. The van der Waals surface area contributed by atoms with Gasteiger partial charge in [0.05, 0.1) is 0 Å². The van der Waals surface area contributed by atoms with E-state index in [0.29, 0.717) is 0 Å². The standard InChI is InChI=1S/C14H16N2/c1-11(15)14-8-3-2-6-12(14)10-13-7-4-5-9-16-13/h2-9,11H,10,15H2,1H3. The van der Waals surface area contributed by atoms with Gasteiger partial charge in [-0.2, -0.15) is 0 Å². The average molecular weight is 212 g/mol. The molecule has 0 saturated heterocycles. The second kappa shape index (κ2) is 4.90. The summed E-state index contributed by atoms with van der Waals surface area (Å²) in [5.74, 6) is 0. The molecule has 0 radical (unpaired) electrons. The average Bonchev–Trinajstić information content (AvgIpc) is 2.31. The maximum Gasteiger partial charge on any atom is 0.0447 e. The Labute approximate surface area is 96.1 Å². The second-order valence-electron chi connectivity index (χ2n) is 3.99. The van der Waals surface area contributed by atoms with Crippen molar-refractivity contribution in [3.8, 4) is 0 Å². The zero-order valence-electron chi connectivity index (χ0n) is 9.43. The molecule has 0 fully saturated rings. The van der Waals surface area contributed by atoms with Gasteiger partial charge in [0, 0.05) is 24.4 Å². The highest BCUT2D eigenvalue weighted by atomic mass is 14.7. The number of hydrogen-bond acceptors (Lipinski definition) is 2. The van der Waals surface area contributed by atoms with Crippen LogP contribution in [-0.2, 0) is 6.42 Å². The first kappa shape index (κ1) is 10.8. The molecule has 0 bridgehead atoms. The quantitative estimate of drug-likeness (QED) is 0.849. The minimum absolute atomic E-state index is 0.0694. The first-order valence-corrected chi connectivity index (χ1v) is 5.50. The summed E-state index contributed by atoms with van der Waals surface area (Å²) in [6, 6.07) is 14.3. The van der Waals surface area contributed by atoms with Crippen LogP contribution in [0.1, 0.15) is 29.8 Å². The smallest absolute Gasteiger partial charge is 0.0447 e. The molecule has 2 nitrogen and oxygen atoms in total. The lowest BCUT2D eigenvalue weighted by Gasteiger charge is -2.11. The maximum absolute atomic E-state index is 5.95. The van der Waals surface area contributed by atoms with Gasteiger partial charge in [0.25, 0.3) is 0 Å². The molecule has 0 aliphatic heterocycles. The lowest BCUT2D eigenvalue weighted by atomic mass is 9.98. The van der Waals surface area contributed by atoms with Gasteiger partial charge in [-0.15, -0.1) is 0 Å². The molecule has 2 N–H and O–H groups in total. The van der Waals surface area contributed by atoms with Crippen molar-refractivity contribution < 1.29 is 0 Å². The molecule has 0 spiro atoms. The van der Waals surface area contributed by atoms with Crippen molar-refractivity contribution >= 4 is 0 Å². The van der Waals surface area contributed by atoms with E-state index >= 15 is 0 Å². The lowest BCUT2D eigenvalue weighted by Crippen LogP contribution is -2.08. The third-order valence-corrected chi connectivity index (χ3v) is 2.64. The summed E-state index contributed by atoms with van der Waals surface area (Å²) < 4.78 is 0. The Kier molecular flexibility index (Phi) is 3.32. The van der Waals surface area contributed by atoms with E-state index in [4.69, 9.17) is 5.73 Å². The molecule has 16 heavy (non-hydrogen) atoms. The molecular weight excluding hydrogens is 196 g/mol. The van der Waals surface area contributed by atoms with Crippen molar-refractivity contribution in [3.05, 3.63) is 65.5 Å². The van der Waals surface area contributed by atoms with Crippen molar-refractivity contribution in [2.24, 2.45) is 5.73 Å². The monoisotopic (exact) mass is 212 g/mol. The Balaban J connectivity index is 2.28. The highest BCUT2D eigenvalue weighted by Gasteiger charge is 2.06. The summed E-state index contributed by atoms with van der Waals surface area (Å²) in [5.41, 5.74) is 9.49. The highest BCUT2D eigenvalue weighted by Crippen LogP contribution is 2.18. The molecule has 0 aliphatic rings. The summed E-state index contributed by atoms with van der Waals surface area (Å²) in [4.78, 5) is 4.33. The van der Waals surface area contributed by atoms with Crippen molar-refractivity contribution in [2.45, 2.75) is 19.4 Å². The number of rotatable bonds is 3. The Hall–Kier alpha value is -1.67. The number of nitrogens with two attached hydrogens (primary N) is 1.